The average molecular weight is 497 g/mol. The number of thiophene rings is 1. The molecule has 37 heavy (non-hydrogen) atoms. The molecule has 0 saturated carbocycles. The summed E-state index contributed by atoms with van der Waals surface area (Å²) >= 11 is 1.79. The lowest BCUT2D eigenvalue weighted by Gasteiger charge is -2.07. The number of hydrogen-bond donors (Lipinski definition) is 0. The Hall–Kier alpha value is -3.60. The summed E-state index contributed by atoms with van der Waals surface area (Å²) in [5.74, 6) is 6.83. The molecule has 5 aromatic carbocycles. The Balaban J connectivity index is 1.23. The van der Waals surface area contributed by atoms with Crippen molar-refractivity contribution in [1.29, 1.82) is 0 Å². The van der Waals surface area contributed by atoms with E-state index in [2.05, 4.69) is 110 Å². The zero-order valence-corrected chi connectivity index (χ0v) is 22.3. The van der Waals surface area contributed by atoms with Crippen LogP contribution in [0.3, 0.4) is 0 Å². The molecule has 0 amide bonds. The van der Waals surface area contributed by atoms with Gasteiger partial charge in [0.2, 0.25) is 0 Å². The second-order valence-corrected chi connectivity index (χ2v) is 11.2. The molecule has 1 heteroatoms. The van der Waals surface area contributed by atoms with Crippen molar-refractivity contribution in [2.24, 2.45) is 0 Å². The van der Waals surface area contributed by atoms with Crippen LogP contribution in [0.15, 0.2) is 91.0 Å². The number of unbranched alkanes of at least 4 members (excludes halogenated alkanes) is 5. The summed E-state index contributed by atoms with van der Waals surface area (Å²) < 4.78 is 1.30. The molecule has 0 N–H and O–H groups in total. The van der Waals surface area contributed by atoms with Gasteiger partial charge in [0.25, 0.3) is 0 Å². The maximum absolute atomic E-state index is 3.44. The molecule has 0 unspecified atom stereocenters. The molecule has 0 aliphatic heterocycles. The lowest BCUT2D eigenvalue weighted by molar-refractivity contribution is 0.607. The van der Waals surface area contributed by atoms with E-state index >= 15 is 0 Å². The van der Waals surface area contributed by atoms with E-state index in [0.717, 1.165) is 10.4 Å². The van der Waals surface area contributed by atoms with Crippen molar-refractivity contribution in [1.82, 2.24) is 0 Å². The zero-order valence-electron chi connectivity index (χ0n) is 21.5. The van der Waals surface area contributed by atoms with E-state index < -0.39 is 0 Å². The highest BCUT2D eigenvalue weighted by atomic mass is 32.1. The highest BCUT2D eigenvalue weighted by Crippen LogP contribution is 2.36. The molecule has 1 aromatic heterocycles. The van der Waals surface area contributed by atoms with Gasteiger partial charge in [0.1, 0.15) is 0 Å². The Morgan fingerprint density at radius 2 is 1.30 bits per heavy atom. The van der Waals surface area contributed by atoms with E-state index in [9.17, 15) is 0 Å². The van der Waals surface area contributed by atoms with Crippen LogP contribution in [0.1, 0.15) is 61.5 Å². The van der Waals surface area contributed by atoms with Gasteiger partial charge in [0.15, 0.2) is 0 Å². The van der Waals surface area contributed by atoms with Crippen molar-refractivity contribution in [3.63, 3.8) is 0 Å². The highest BCUT2D eigenvalue weighted by Gasteiger charge is 2.08. The van der Waals surface area contributed by atoms with Crippen molar-refractivity contribution in [2.45, 2.75) is 51.9 Å². The van der Waals surface area contributed by atoms with Crippen molar-refractivity contribution < 1.29 is 0 Å². The molecule has 1 heterocycles. The van der Waals surface area contributed by atoms with Gasteiger partial charge in [0, 0.05) is 15.6 Å². The summed E-state index contributed by atoms with van der Waals surface area (Å²) in [5.41, 5.74) is 2.52. The third-order valence-electron chi connectivity index (χ3n) is 7.48. The topological polar surface area (TPSA) is 0 Å². The van der Waals surface area contributed by atoms with Crippen LogP contribution >= 0.6 is 11.3 Å². The minimum absolute atomic E-state index is 1.09. The molecule has 0 nitrogen and oxygen atoms in total. The fourth-order valence-corrected chi connectivity index (χ4v) is 6.34. The molecule has 6 aromatic rings. The van der Waals surface area contributed by atoms with E-state index in [1.54, 1.807) is 11.3 Å². The molecule has 0 atom stereocenters. The van der Waals surface area contributed by atoms with E-state index in [1.807, 2.05) is 0 Å². The van der Waals surface area contributed by atoms with Crippen LogP contribution in [0.4, 0.5) is 0 Å². The van der Waals surface area contributed by atoms with Gasteiger partial charge in [-0.2, -0.15) is 0 Å². The van der Waals surface area contributed by atoms with Gasteiger partial charge in [0.05, 0.1) is 4.88 Å². The number of aryl methyl sites for hydroxylation is 1. The van der Waals surface area contributed by atoms with E-state index in [-0.39, 0.29) is 0 Å². The second-order valence-electron chi connectivity index (χ2n) is 10.1. The lowest BCUT2D eigenvalue weighted by Crippen LogP contribution is -1.86. The van der Waals surface area contributed by atoms with Crippen LogP contribution in [-0.2, 0) is 6.42 Å². The molecule has 182 valence electrons. The number of hydrogen-bond acceptors (Lipinski definition) is 1. The maximum Gasteiger partial charge on any atom is 0.0785 e. The number of fused-ring (bicyclic) bond motifs is 6. The first-order valence-corrected chi connectivity index (χ1v) is 14.5. The van der Waals surface area contributed by atoms with Crippen molar-refractivity contribution in [2.75, 3.05) is 0 Å². The minimum atomic E-state index is 1.09. The highest BCUT2D eigenvalue weighted by molar-refractivity contribution is 7.19. The van der Waals surface area contributed by atoms with Crippen LogP contribution in [0.5, 0.6) is 0 Å². The first-order chi connectivity index (χ1) is 18.3. The van der Waals surface area contributed by atoms with E-state index in [1.165, 1.54) is 92.9 Å². The molecular formula is C36H32S. The SMILES string of the molecule is CCCCCCCCc1ccc(C#Cc2cc3c(ccc4c5cc6ccccc6cc5ccc34)s2)cc1. The Morgan fingerprint density at radius 1 is 0.568 bits per heavy atom. The predicted octanol–water partition coefficient (Wildman–Crippen LogP) is 10.7. The summed E-state index contributed by atoms with van der Waals surface area (Å²) in [6.45, 7) is 2.27. The molecule has 0 fully saturated rings. The van der Waals surface area contributed by atoms with Crippen LogP contribution < -0.4 is 0 Å². The molecular weight excluding hydrogens is 464 g/mol. The molecule has 0 radical (unpaired) electrons. The van der Waals surface area contributed by atoms with E-state index in [4.69, 9.17) is 0 Å². The average Bonchev–Trinajstić information content (AvgIpc) is 3.37. The van der Waals surface area contributed by atoms with Crippen molar-refractivity contribution in [3.8, 4) is 11.8 Å². The summed E-state index contributed by atoms with van der Waals surface area (Å²) in [6, 6.07) is 33.5. The van der Waals surface area contributed by atoms with Gasteiger partial charge >= 0.3 is 0 Å². The van der Waals surface area contributed by atoms with Gasteiger partial charge in [-0.3, -0.25) is 0 Å². The molecule has 0 aliphatic rings. The first-order valence-electron chi connectivity index (χ1n) is 13.7. The quantitative estimate of drug-likeness (QED) is 0.0892. The summed E-state index contributed by atoms with van der Waals surface area (Å²) in [5, 5.41) is 9.11. The van der Waals surface area contributed by atoms with Crippen LogP contribution in [0.2, 0.25) is 0 Å². The number of benzene rings is 5. The van der Waals surface area contributed by atoms with Crippen LogP contribution in [0, 0.1) is 11.8 Å². The monoisotopic (exact) mass is 496 g/mol. The summed E-state index contributed by atoms with van der Waals surface area (Å²) in [6.07, 6.45) is 9.24. The summed E-state index contributed by atoms with van der Waals surface area (Å²) in [7, 11) is 0. The lowest BCUT2D eigenvalue weighted by atomic mass is 9.97. The van der Waals surface area contributed by atoms with Crippen LogP contribution in [-0.4, -0.2) is 0 Å². The molecule has 0 saturated heterocycles. The fraction of sp³-hybridized carbons (Fsp3) is 0.222. The second kappa shape index (κ2) is 10.8. The Kier molecular flexibility index (Phi) is 6.94. The van der Waals surface area contributed by atoms with Crippen molar-refractivity contribution in [3.05, 3.63) is 107 Å². The molecule has 0 spiro atoms. The van der Waals surface area contributed by atoms with E-state index in [0.29, 0.717) is 0 Å². The number of rotatable bonds is 7. The van der Waals surface area contributed by atoms with Gasteiger partial charge in [-0.15, -0.1) is 11.3 Å². The molecule has 0 aliphatic carbocycles. The normalized spacial score (nSPS) is 11.4. The third-order valence-corrected chi connectivity index (χ3v) is 8.50. The van der Waals surface area contributed by atoms with Gasteiger partial charge in [-0.05, 0) is 87.1 Å². The van der Waals surface area contributed by atoms with Gasteiger partial charge in [-0.1, -0.05) is 105 Å². The predicted molar refractivity (Wildman–Crippen MR) is 164 cm³/mol. The standard InChI is InChI=1S/C36H32S/c1-2-3-4-5-6-7-10-26-13-15-27(16-14-26)17-19-31-25-35-33-20-18-30-23-28-11-8-9-12-29(28)24-34(30)32(33)21-22-36(35)37-31/h8-9,11-16,18,20-25H,2-7,10H2,1H3. The Bertz CT molecular complexity index is 1760. The molecule has 0 bridgehead atoms. The van der Waals surface area contributed by atoms with Crippen LogP contribution in [0.25, 0.3) is 42.4 Å². The third kappa shape index (κ3) is 5.13. The Labute approximate surface area is 224 Å². The largest absolute Gasteiger partial charge is 0.127 e. The maximum atomic E-state index is 3.44. The molecule has 6 rings (SSSR count). The van der Waals surface area contributed by atoms with Gasteiger partial charge < -0.3 is 0 Å². The fourth-order valence-electron chi connectivity index (χ4n) is 5.41. The minimum Gasteiger partial charge on any atom is -0.127 e. The first kappa shape index (κ1) is 23.8. The zero-order chi connectivity index (χ0) is 25.0. The Morgan fingerprint density at radius 3 is 2.14 bits per heavy atom. The van der Waals surface area contributed by atoms with Gasteiger partial charge in [-0.25, -0.2) is 0 Å². The smallest absolute Gasteiger partial charge is 0.0785 e. The van der Waals surface area contributed by atoms with Crippen molar-refractivity contribution >= 4 is 53.7 Å². The summed E-state index contributed by atoms with van der Waals surface area (Å²) in [4.78, 5) is 1.12.